The lowest BCUT2D eigenvalue weighted by molar-refractivity contribution is -0.116. The largest absolute Gasteiger partial charge is 0.348 e. The Morgan fingerprint density at radius 1 is 1.19 bits per heavy atom. The highest BCUT2D eigenvalue weighted by Gasteiger charge is 2.15. The predicted octanol–water partition coefficient (Wildman–Crippen LogP) is 3.67. The van der Waals surface area contributed by atoms with Crippen molar-refractivity contribution in [3.63, 3.8) is 0 Å². The first-order valence-electron chi connectivity index (χ1n) is 8.03. The molecule has 0 atom stereocenters. The van der Waals surface area contributed by atoms with Crippen molar-refractivity contribution in [2.75, 3.05) is 0 Å². The Morgan fingerprint density at radius 3 is 2.50 bits per heavy atom. The quantitative estimate of drug-likeness (QED) is 0.594. The summed E-state index contributed by atoms with van der Waals surface area (Å²) < 4.78 is 27.9. The lowest BCUT2D eigenvalue weighted by Gasteiger charge is -2.13. The van der Waals surface area contributed by atoms with Gasteiger partial charge in [0.15, 0.2) is 0 Å². The fourth-order valence-corrected chi connectivity index (χ4v) is 5.11. The number of carbonyl (C=O) groups excluding carboxylic acids is 1. The molecule has 0 radical (unpaired) electrons. The van der Waals surface area contributed by atoms with E-state index in [1.165, 1.54) is 17.4 Å². The summed E-state index contributed by atoms with van der Waals surface area (Å²) in [6.07, 6.45) is 3.21. The van der Waals surface area contributed by atoms with E-state index < -0.39 is 10.0 Å². The van der Waals surface area contributed by atoms with Gasteiger partial charge in [0, 0.05) is 23.5 Å². The molecule has 1 heterocycles. The molecule has 26 heavy (non-hydrogen) atoms. The number of amides is 1. The van der Waals surface area contributed by atoms with Crippen LogP contribution in [0.3, 0.4) is 0 Å². The third-order valence-corrected chi connectivity index (χ3v) is 6.44. The van der Waals surface area contributed by atoms with Crippen LogP contribution < -0.4 is 10.0 Å². The van der Waals surface area contributed by atoms with Crippen LogP contribution in [0.1, 0.15) is 29.9 Å². The number of nitrogens with one attached hydrogen (secondary N) is 2. The second-order valence-corrected chi connectivity index (χ2v) is 10.2. The van der Waals surface area contributed by atoms with Gasteiger partial charge in [0.2, 0.25) is 15.9 Å². The highest BCUT2D eigenvalue weighted by atomic mass is 79.9. The summed E-state index contributed by atoms with van der Waals surface area (Å²) in [6.45, 7) is 3.83. The van der Waals surface area contributed by atoms with Gasteiger partial charge in [0.1, 0.15) is 0 Å². The SMILES string of the molecule is CC(C)NS(=O)(=O)Cc1ccccc1CNC(=O)/C=C/c1ccc(Br)s1. The van der Waals surface area contributed by atoms with Crippen LogP contribution in [-0.2, 0) is 27.1 Å². The smallest absolute Gasteiger partial charge is 0.244 e. The van der Waals surface area contributed by atoms with Crippen molar-refractivity contribution in [3.8, 4) is 0 Å². The summed E-state index contributed by atoms with van der Waals surface area (Å²) in [5.74, 6) is -0.344. The average Bonchev–Trinajstić information content (AvgIpc) is 2.96. The van der Waals surface area contributed by atoms with Crippen LogP contribution in [0.25, 0.3) is 6.08 Å². The lowest BCUT2D eigenvalue weighted by Crippen LogP contribution is -2.31. The summed E-state index contributed by atoms with van der Waals surface area (Å²) in [5.41, 5.74) is 1.45. The van der Waals surface area contributed by atoms with Gasteiger partial charge in [-0.2, -0.15) is 0 Å². The maximum absolute atomic E-state index is 12.1. The third-order valence-electron chi connectivity index (χ3n) is 3.33. The number of rotatable bonds is 8. The minimum Gasteiger partial charge on any atom is -0.348 e. The van der Waals surface area contributed by atoms with Gasteiger partial charge >= 0.3 is 0 Å². The molecule has 8 heteroatoms. The second-order valence-electron chi connectivity index (χ2n) is 5.99. The zero-order valence-corrected chi connectivity index (χ0v) is 17.7. The van der Waals surface area contributed by atoms with Crippen LogP contribution in [0, 0.1) is 0 Å². The molecule has 0 unspecified atom stereocenters. The van der Waals surface area contributed by atoms with Crippen molar-refractivity contribution in [3.05, 3.63) is 62.3 Å². The van der Waals surface area contributed by atoms with E-state index in [4.69, 9.17) is 0 Å². The van der Waals surface area contributed by atoms with Gasteiger partial charge in [0.05, 0.1) is 9.54 Å². The van der Waals surface area contributed by atoms with E-state index in [0.717, 1.165) is 14.2 Å². The minimum absolute atomic E-state index is 0.115. The zero-order chi connectivity index (χ0) is 19.2. The van der Waals surface area contributed by atoms with Gasteiger partial charge in [-0.15, -0.1) is 11.3 Å². The van der Waals surface area contributed by atoms with E-state index >= 15 is 0 Å². The highest BCUT2D eigenvalue weighted by Crippen LogP contribution is 2.22. The molecule has 0 bridgehead atoms. The topological polar surface area (TPSA) is 75.3 Å². The Bertz CT molecular complexity index is 889. The molecule has 0 saturated carbocycles. The van der Waals surface area contributed by atoms with E-state index in [1.54, 1.807) is 32.1 Å². The van der Waals surface area contributed by atoms with E-state index in [1.807, 2.05) is 24.3 Å². The molecule has 140 valence electrons. The van der Waals surface area contributed by atoms with Gasteiger partial charge < -0.3 is 5.32 Å². The molecule has 0 saturated heterocycles. The van der Waals surface area contributed by atoms with Crippen LogP contribution in [0.4, 0.5) is 0 Å². The monoisotopic (exact) mass is 456 g/mol. The molecule has 0 aliphatic rings. The Morgan fingerprint density at radius 2 is 1.88 bits per heavy atom. The first-order valence-corrected chi connectivity index (χ1v) is 11.3. The Balaban J connectivity index is 1.99. The molecule has 0 spiro atoms. The molecule has 2 rings (SSSR count). The number of sulfonamides is 1. The van der Waals surface area contributed by atoms with Crippen molar-refractivity contribution in [2.45, 2.75) is 32.2 Å². The van der Waals surface area contributed by atoms with E-state index in [9.17, 15) is 13.2 Å². The average molecular weight is 457 g/mol. The zero-order valence-electron chi connectivity index (χ0n) is 14.5. The molecule has 1 aromatic heterocycles. The molecule has 5 nitrogen and oxygen atoms in total. The first kappa shape index (κ1) is 20.8. The van der Waals surface area contributed by atoms with E-state index in [0.29, 0.717) is 5.56 Å². The Labute approximate surface area is 166 Å². The molecule has 1 amide bonds. The summed E-state index contributed by atoms with van der Waals surface area (Å²) >= 11 is 4.91. The number of hydrogen-bond donors (Lipinski definition) is 2. The summed E-state index contributed by atoms with van der Waals surface area (Å²) in [6, 6.07) is 10.9. The Hall–Kier alpha value is -1.48. The van der Waals surface area contributed by atoms with Crippen LogP contribution in [0.2, 0.25) is 0 Å². The van der Waals surface area contributed by atoms with Crippen molar-refractivity contribution < 1.29 is 13.2 Å². The lowest BCUT2D eigenvalue weighted by atomic mass is 10.1. The first-order chi connectivity index (χ1) is 12.2. The molecular formula is C18H21BrN2O3S2. The fourth-order valence-electron chi connectivity index (χ4n) is 2.29. The summed E-state index contributed by atoms with van der Waals surface area (Å²) in [5, 5.41) is 2.79. The molecule has 1 aromatic carbocycles. The van der Waals surface area contributed by atoms with Crippen molar-refractivity contribution >= 4 is 49.3 Å². The second kappa shape index (κ2) is 9.45. The van der Waals surface area contributed by atoms with Gasteiger partial charge in [-0.05, 0) is 59.1 Å². The molecule has 0 fully saturated rings. The van der Waals surface area contributed by atoms with Gasteiger partial charge in [-0.3, -0.25) is 4.79 Å². The fraction of sp³-hybridized carbons (Fsp3) is 0.278. The van der Waals surface area contributed by atoms with E-state index in [2.05, 4.69) is 26.0 Å². The van der Waals surface area contributed by atoms with Gasteiger partial charge in [-0.25, -0.2) is 13.1 Å². The summed E-state index contributed by atoms with van der Waals surface area (Å²) in [4.78, 5) is 13.0. The van der Waals surface area contributed by atoms with E-state index in [-0.39, 0.29) is 24.2 Å². The third kappa shape index (κ3) is 7.03. The van der Waals surface area contributed by atoms with Crippen molar-refractivity contribution in [1.82, 2.24) is 10.0 Å². The van der Waals surface area contributed by atoms with Gasteiger partial charge in [0.25, 0.3) is 0 Å². The van der Waals surface area contributed by atoms with Crippen LogP contribution in [0.15, 0.2) is 46.3 Å². The maximum Gasteiger partial charge on any atom is 0.244 e. The molecule has 2 N–H and O–H groups in total. The normalized spacial score (nSPS) is 12.0. The number of benzene rings is 1. The highest BCUT2D eigenvalue weighted by molar-refractivity contribution is 9.11. The standard InChI is InChI=1S/C18H21BrN2O3S2/c1-13(2)21-26(23,24)12-15-6-4-3-5-14(15)11-20-18(22)10-8-16-7-9-17(19)25-16/h3-10,13,21H,11-12H2,1-2H3,(H,20,22)/b10-8+. The number of carbonyl (C=O) groups is 1. The summed E-state index contributed by atoms with van der Waals surface area (Å²) in [7, 11) is -3.42. The molecule has 0 aliphatic heterocycles. The predicted molar refractivity (Wildman–Crippen MR) is 110 cm³/mol. The minimum atomic E-state index is -3.42. The molecular weight excluding hydrogens is 436 g/mol. The Kier molecular flexibility index (Phi) is 7.57. The van der Waals surface area contributed by atoms with Crippen LogP contribution in [-0.4, -0.2) is 20.4 Å². The van der Waals surface area contributed by atoms with Crippen molar-refractivity contribution in [1.29, 1.82) is 0 Å². The van der Waals surface area contributed by atoms with Crippen LogP contribution >= 0.6 is 27.3 Å². The maximum atomic E-state index is 12.1. The van der Waals surface area contributed by atoms with Gasteiger partial charge in [-0.1, -0.05) is 24.3 Å². The number of halogens is 1. The van der Waals surface area contributed by atoms with Crippen molar-refractivity contribution in [2.24, 2.45) is 0 Å². The number of hydrogen-bond acceptors (Lipinski definition) is 4. The molecule has 0 aliphatic carbocycles. The molecule has 2 aromatic rings. The number of thiophene rings is 1. The van der Waals surface area contributed by atoms with Crippen LogP contribution in [0.5, 0.6) is 0 Å².